The summed E-state index contributed by atoms with van der Waals surface area (Å²) in [7, 11) is 3.61. The molecule has 0 aliphatic rings. The molecular weight excluding hydrogens is 190 g/mol. The van der Waals surface area contributed by atoms with Crippen molar-refractivity contribution < 1.29 is 9.47 Å². The van der Waals surface area contributed by atoms with Crippen molar-refractivity contribution in [3.8, 4) is 11.5 Å². The molecule has 0 fully saturated rings. The molecule has 0 amide bonds. The van der Waals surface area contributed by atoms with Gasteiger partial charge in [-0.3, -0.25) is 0 Å². The number of hydrogen-bond acceptors (Lipinski definition) is 3. The average Bonchev–Trinajstić information content (AvgIpc) is 2.22. The van der Waals surface area contributed by atoms with Gasteiger partial charge >= 0.3 is 0 Å². The van der Waals surface area contributed by atoms with Crippen molar-refractivity contribution in [3.63, 3.8) is 0 Å². The molecule has 1 rings (SSSR count). The Morgan fingerprint density at radius 2 is 2.07 bits per heavy atom. The van der Waals surface area contributed by atoms with Gasteiger partial charge in [0.1, 0.15) is 11.5 Å². The number of rotatable bonds is 5. The fourth-order valence-corrected chi connectivity index (χ4v) is 1.59. The SMILES string of the molecule is CCOc1cc(C)c(CNC)c(OC)c1. The van der Waals surface area contributed by atoms with Crippen molar-refractivity contribution in [1.82, 2.24) is 5.32 Å². The standard InChI is InChI=1S/C12H19NO2/c1-5-15-10-6-9(2)11(8-13-3)12(7-10)14-4/h6-7,13H,5,8H2,1-4H3. The Morgan fingerprint density at radius 3 is 2.60 bits per heavy atom. The number of ether oxygens (including phenoxy) is 2. The van der Waals surface area contributed by atoms with Crippen molar-refractivity contribution >= 4 is 0 Å². The lowest BCUT2D eigenvalue weighted by molar-refractivity contribution is 0.335. The summed E-state index contributed by atoms with van der Waals surface area (Å²) in [6.45, 7) is 5.52. The van der Waals surface area contributed by atoms with E-state index in [-0.39, 0.29) is 0 Å². The minimum Gasteiger partial charge on any atom is -0.496 e. The van der Waals surface area contributed by atoms with Crippen LogP contribution in [0.2, 0.25) is 0 Å². The van der Waals surface area contributed by atoms with Gasteiger partial charge in [0.05, 0.1) is 13.7 Å². The average molecular weight is 209 g/mol. The predicted molar refractivity (Wildman–Crippen MR) is 61.7 cm³/mol. The number of methoxy groups -OCH3 is 1. The van der Waals surface area contributed by atoms with Crippen LogP contribution in [0.25, 0.3) is 0 Å². The Balaban J connectivity index is 3.06. The van der Waals surface area contributed by atoms with E-state index in [1.54, 1.807) is 7.11 Å². The van der Waals surface area contributed by atoms with E-state index in [0.717, 1.165) is 18.0 Å². The summed E-state index contributed by atoms with van der Waals surface area (Å²) < 4.78 is 10.8. The monoisotopic (exact) mass is 209 g/mol. The van der Waals surface area contributed by atoms with Crippen LogP contribution in [0.5, 0.6) is 11.5 Å². The molecule has 0 atom stereocenters. The van der Waals surface area contributed by atoms with Gasteiger partial charge in [-0.2, -0.15) is 0 Å². The molecule has 1 aromatic carbocycles. The summed E-state index contributed by atoms with van der Waals surface area (Å²) in [5, 5.41) is 3.13. The Morgan fingerprint density at radius 1 is 1.33 bits per heavy atom. The molecule has 3 heteroatoms. The zero-order valence-corrected chi connectivity index (χ0v) is 9.89. The summed E-state index contributed by atoms with van der Waals surface area (Å²) in [6.07, 6.45) is 0. The first kappa shape index (κ1) is 11.9. The second kappa shape index (κ2) is 5.61. The molecule has 15 heavy (non-hydrogen) atoms. The van der Waals surface area contributed by atoms with Gasteiger partial charge in [-0.15, -0.1) is 0 Å². The summed E-state index contributed by atoms with van der Waals surface area (Å²) >= 11 is 0. The lowest BCUT2D eigenvalue weighted by atomic mass is 10.1. The van der Waals surface area contributed by atoms with Crippen LogP contribution in [-0.4, -0.2) is 20.8 Å². The van der Waals surface area contributed by atoms with E-state index in [4.69, 9.17) is 9.47 Å². The first-order chi connectivity index (χ1) is 7.22. The molecule has 3 nitrogen and oxygen atoms in total. The van der Waals surface area contributed by atoms with Crippen molar-refractivity contribution in [2.24, 2.45) is 0 Å². The van der Waals surface area contributed by atoms with Gasteiger partial charge in [0.2, 0.25) is 0 Å². The largest absolute Gasteiger partial charge is 0.496 e. The highest BCUT2D eigenvalue weighted by molar-refractivity contribution is 5.46. The molecule has 0 saturated heterocycles. The molecule has 0 unspecified atom stereocenters. The minimum absolute atomic E-state index is 0.675. The third-order valence-corrected chi connectivity index (χ3v) is 2.29. The molecule has 1 N–H and O–H groups in total. The molecule has 0 aliphatic heterocycles. The third-order valence-electron chi connectivity index (χ3n) is 2.29. The lowest BCUT2D eigenvalue weighted by Crippen LogP contribution is -2.08. The topological polar surface area (TPSA) is 30.5 Å². The molecule has 0 spiro atoms. The summed E-state index contributed by atoms with van der Waals surface area (Å²) in [5.74, 6) is 1.75. The van der Waals surface area contributed by atoms with Crippen LogP contribution in [-0.2, 0) is 6.54 Å². The first-order valence-corrected chi connectivity index (χ1v) is 5.17. The zero-order chi connectivity index (χ0) is 11.3. The van der Waals surface area contributed by atoms with Crippen LogP contribution in [0, 0.1) is 6.92 Å². The van der Waals surface area contributed by atoms with Crippen LogP contribution >= 0.6 is 0 Å². The summed E-state index contributed by atoms with van der Waals surface area (Å²) in [5.41, 5.74) is 2.37. The van der Waals surface area contributed by atoms with Crippen molar-refractivity contribution in [2.45, 2.75) is 20.4 Å². The molecular formula is C12H19NO2. The fraction of sp³-hybridized carbons (Fsp3) is 0.500. The van der Waals surface area contributed by atoms with E-state index in [0.29, 0.717) is 6.61 Å². The van der Waals surface area contributed by atoms with Crippen molar-refractivity contribution in [1.29, 1.82) is 0 Å². The third kappa shape index (κ3) is 2.86. The van der Waals surface area contributed by atoms with E-state index in [1.165, 1.54) is 11.1 Å². The van der Waals surface area contributed by atoms with Gasteiger partial charge in [0.15, 0.2) is 0 Å². The van der Waals surface area contributed by atoms with Gasteiger partial charge in [0, 0.05) is 18.2 Å². The van der Waals surface area contributed by atoms with Gasteiger partial charge in [-0.05, 0) is 32.5 Å². The van der Waals surface area contributed by atoms with Crippen LogP contribution in [0.1, 0.15) is 18.1 Å². The number of benzene rings is 1. The molecule has 1 aromatic rings. The van der Waals surface area contributed by atoms with Crippen LogP contribution in [0.3, 0.4) is 0 Å². The van der Waals surface area contributed by atoms with Crippen molar-refractivity contribution in [3.05, 3.63) is 23.3 Å². The highest BCUT2D eigenvalue weighted by Crippen LogP contribution is 2.28. The minimum atomic E-state index is 0.675. The van der Waals surface area contributed by atoms with Gasteiger partial charge in [-0.1, -0.05) is 0 Å². The first-order valence-electron chi connectivity index (χ1n) is 5.17. The Bertz CT molecular complexity index is 324. The molecule has 0 aromatic heterocycles. The molecule has 0 heterocycles. The molecule has 0 saturated carbocycles. The number of hydrogen-bond donors (Lipinski definition) is 1. The van der Waals surface area contributed by atoms with Crippen LogP contribution in [0.15, 0.2) is 12.1 Å². The highest BCUT2D eigenvalue weighted by atomic mass is 16.5. The van der Waals surface area contributed by atoms with Crippen LogP contribution in [0.4, 0.5) is 0 Å². The predicted octanol–water partition coefficient (Wildman–Crippen LogP) is 2.12. The normalized spacial score (nSPS) is 10.1. The lowest BCUT2D eigenvalue weighted by Gasteiger charge is -2.13. The Labute approximate surface area is 91.4 Å². The maximum atomic E-state index is 5.46. The maximum absolute atomic E-state index is 5.46. The van der Waals surface area contributed by atoms with E-state index in [9.17, 15) is 0 Å². The summed E-state index contributed by atoms with van der Waals surface area (Å²) in [6, 6.07) is 3.97. The molecule has 84 valence electrons. The second-order valence-corrected chi connectivity index (χ2v) is 3.38. The van der Waals surface area contributed by atoms with Gasteiger partial charge in [-0.25, -0.2) is 0 Å². The highest BCUT2D eigenvalue weighted by Gasteiger charge is 2.08. The van der Waals surface area contributed by atoms with E-state index < -0.39 is 0 Å². The van der Waals surface area contributed by atoms with Crippen LogP contribution < -0.4 is 14.8 Å². The molecule has 0 radical (unpaired) electrons. The second-order valence-electron chi connectivity index (χ2n) is 3.38. The molecule has 0 bridgehead atoms. The van der Waals surface area contributed by atoms with Crippen molar-refractivity contribution in [2.75, 3.05) is 20.8 Å². The summed E-state index contributed by atoms with van der Waals surface area (Å²) in [4.78, 5) is 0. The fourth-order valence-electron chi connectivity index (χ4n) is 1.59. The molecule has 0 aliphatic carbocycles. The van der Waals surface area contributed by atoms with Gasteiger partial charge in [0.25, 0.3) is 0 Å². The van der Waals surface area contributed by atoms with Gasteiger partial charge < -0.3 is 14.8 Å². The van der Waals surface area contributed by atoms with E-state index in [2.05, 4.69) is 12.2 Å². The number of nitrogens with one attached hydrogen (secondary N) is 1. The quantitative estimate of drug-likeness (QED) is 0.805. The maximum Gasteiger partial charge on any atom is 0.127 e. The smallest absolute Gasteiger partial charge is 0.127 e. The van der Waals surface area contributed by atoms with E-state index in [1.807, 2.05) is 26.1 Å². The Kier molecular flexibility index (Phi) is 4.43. The zero-order valence-electron chi connectivity index (χ0n) is 9.89. The Hall–Kier alpha value is -1.22. The van der Waals surface area contributed by atoms with E-state index >= 15 is 0 Å². The number of aryl methyl sites for hydroxylation is 1.